The second-order valence-corrected chi connectivity index (χ2v) is 4.53. The van der Waals surface area contributed by atoms with Crippen molar-refractivity contribution in [3.63, 3.8) is 0 Å². The van der Waals surface area contributed by atoms with E-state index in [0.29, 0.717) is 0 Å². The van der Waals surface area contributed by atoms with Crippen LogP contribution in [0.15, 0.2) is 24.3 Å². The highest BCUT2D eigenvalue weighted by Crippen LogP contribution is 2.16. The SMILES string of the molecule is CCCCCN(CCC)c1ccc(C)cc1. The Morgan fingerprint density at radius 3 is 2.12 bits per heavy atom. The van der Waals surface area contributed by atoms with E-state index in [2.05, 4.69) is 49.9 Å². The molecule has 0 N–H and O–H groups in total. The van der Waals surface area contributed by atoms with E-state index in [1.54, 1.807) is 0 Å². The monoisotopic (exact) mass is 219 g/mol. The number of aryl methyl sites for hydroxylation is 1. The van der Waals surface area contributed by atoms with Gasteiger partial charge in [-0.15, -0.1) is 0 Å². The minimum absolute atomic E-state index is 1.17. The van der Waals surface area contributed by atoms with E-state index in [4.69, 9.17) is 0 Å². The molecule has 0 fully saturated rings. The predicted octanol–water partition coefficient (Wildman–Crippen LogP) is 4.40. The molecule has 0 aliphatic rings. The van der Waals surface area contributed by atoms with Crippen LogP contribution in [0.3, 0.4) is 0 Å². The average molecular weight is 219 g/mol. The first-order valence-corrected chi connectivity index (χ1v) is 6.59. The fourth-order valence-electron chi connectivity index (χ4n) is 1.95. The van der Waals surface area contributed by atoms with Crippen molar-refractivity contribution in [1.29, 1.82) is 0 Å². The first kappa shape index (κ1) is 13.1. The third-order valence-electron chi connectivity index (χ3n) is 2.92. The van der Waals surface area contributed by atoms with Crippen LogP contribution in [0.4, 0.5) is 5.69 Å². The van der Waals surface area contributed by atoms with Crippen LogP contribution in [0.5, 0.6) is 0 Å². The van der Waals surface area contributed by atoms with E-state index in [0.717, 1.165) is 0 Å². The largest absolute Gasteiger partial charge is 0.372 e. The Bertz CT molecular complexity index is 276. The third-order valence-corrected chi connectivity index (χ3v) is 2.92. The summed E-state index contributed by atoms with van der Waals surface area (Å²) in [7, 11) is 0. The third kappa shape index (κ3) is 4.26. The van der Waals surface area contributed by atoms with Gasteiger partial charge in [0.1, 0.15) is 0 Å². The summed E-state index contributed by atoms with van der Waals surface area (Å²) in [4.78, 5) is 2.51. The minimum atomic E-state index is 1.17. The summed E-state index contributed by atoms with van der Waals surface area (Å²) in [6.45, 7) is 9.03. The molecule has 0 heterocycles. The molecule has 1 heteroatoms. The number of anilines is 1. The zero-order chi connectivity index (χ0) is 11.8. The Kier molecular flexibility index (Phi) is 5.99. The van der Waals surface area contributed by atoms with Gasteiger partial charge in [-0.1, -0.05) is 44.4 Å². The van der Waals surface area contributed by atoms with Gasteiger partial charge < -0.3 is 4.90 Å². The summed E-state index contributed by atoms with van der Waals surface area (Å²) >= 11 is 0. The van der Waals surface area contributed by atoms with Crippen LogP contribution in [0, 0.1) is 6.92 Å². The number of unbranched alkanes of at least 4 members (excludes halogenated alkanes) is 2. The van der Waals surface area contributed by atoms with Gasteiger partial charge in [0, 0.05) is 18.8 Å². The van der Waals surface area contributed by atoms with E-state index in [-0.39, 0.29) is 0 Å². The zero-order valence-corrected chi connectivity index (χ0v) is 11.0. The van der Waals surface area contributed by atoms with Gasteiger partial charge in [-0.2, -0.15) is 0 Å². The minimum Gasteiger partial charge on any atom is -0.372 e. The summed E-state index contributed by atoms with van der Waals surface area (Å²) in [5.41, 5.74) is 2.72. The van der Waals surface area contributed by atoms with Crippen LogP contribution in [-0.2, 0) is 0 Å². The Labute approximate surface area is 100 Å². The van der Waals surface area contributed by atoms with Crippen LogP contribution < -0.4 is 4.90 Å². The molecule has 1 nitrogen and oxygen atoms in total. The topological polar surface area (TPSA) is 3.24 Å². The van der Waals surface area contributed by atoms with Gasteiger partial charge in [-0.05, 0) is 31.9 Å². The molecular weight excluding hydrogens is 194 g/mol. The lowest BCUT2D eigenvalue weighted by molar-refractivity contribution is 0.668. The van der Waals surface area contributed by atoms with Crippen LogP contribution >= 0.6 is 0 Å². The lowest BCUT2D eigenvalue weighted by atomic mass is 10.2. The molecule has 0 aromatic heterocycles. The molecule has 0 bridgehead atoms. The van der Waals surface area contributed by atoms with Gasteiger partial charge in [-0.25, -0.2) is 0 Å². The highest BCUT2D eigenvalue weighted by atomic mass is 15.1. The van der Waals surface area contributed by atoms with Gasteiger partial charge in [0.05, 0.1) is 0 Å². The number of nitrogens with zero attached hydrogens (tertiary/aromatic N) is 1. The normalized spacial score (nSPS) is 10.4. The van der Waals surface area contributed by atoms with Gasteiger partial charge in [-0.3, -0.25) is 0 Å². The molecule has 0 spiro atoms. The number of rotatable bonds is 7. The molecule has 0 aliphatic carbocycles. The Morgan fingerprint density at radius 2 is 1.56 bits per heavy atom. The lowest BCUT2D eigenvalue weighted by Gasteiger charge is -2.24. The molecule has 1 aromatic carbocycles. The van der Waals surface area contributed by atoms with Crippen molar-refractivity contribution in [2.24, 2.45) is 0 Å². The second kappa shape index (κ2) is 7.32. The summed E-state index contributed by atoms with van der Waals surface area (Å²) in [5.74, 6) is 0. The lowest BCUT2D eigenvalue weighted by Crippen LogP contribution is -2.25. The Balaban J connectivity index is 2.57. The molecule has 1 aromatic rings. The fourth-order valence-corrected chi connectivity index (χ4v) is 1.95. The number of hydrogen-bond donors (Lipinski definition) is 0. The molecule has 0 saturated carbocycles. The van der Waals surface area contributed by atoms with E-state index in [1.165, 1.54) is 50.0 Å². The number of benzene rings is 1. The van der Waals surface area contributed by atoms with Gasteiger partial charge >= 0.3 is 0 Å². The maximum absolute atomic E-state index is 2.51. The summed E-state index contributed by atoms with van der Waals surface area (Å²) < 4.78 is 0. The fraction of sp³-hybridized carbons (Fsp3) is 0.600. The van der Waals surface area contributed by atoms with E-state index in [9.17, 15) is 0 Å². The van der Waals surface area contributed by atoms with Crippen LogP contribution in [-0.4, -0.2) is 13.1 Å². The molecule has 16 heavy (non-hydrogen) atoms. The van der Waals surface area contributed by atoms with E-state index in [1.807, 2.05) is 0 Å². The summed E-state index contributed by atoms with van der Waals surface area (Å²) in [6.07, 6.45) is 5.17. The Hall–Kier alpha value is -0.980. The average Bonchev–Trinajstić information content (AvgIpc) is 2.29. The maximum atomic E-state index is 2.51. The van der Waals surface area contributed by atoms with Crippen molar-refractivity contribution in [2.45, 2.75) is 46.5 Å². The number of hydrogen-bond acceptors (Lipinski definition) is 1. The quantitative estimate of drug-likeness (QED) is 0.614. The van der Waals surface area contributed by atoms with E-state index >= 15 is 0 Å². The van der Waals surface area contributed by atoms with Gasteiger partial charge in [0.2, 0.25) is 0 Å². The molecule has 0 radical (unpaired) electrons. The van der Waals surface area contributed by atoms with Crippen molar-refractivity contribution in [3.8, 4) is 0 Å². The summed E-state index contributed by atoms with van der Waals surface area (Å²) in [6, 6.07) is 8.91. The van der Waals surface area contributed by atoms with Crippen molar-refractivity contribution >= 4 is 5.69 Å². The molecule has 0 aliphatic heterocycles. The molecule has 1 rings (SSSR count). The smallest absolute Gasteiger partial charge is 0.0366 e. The zero-order valence-electron chi connectivity index (χ0n) is 11.0. The first-order valence-electron chi connectivity index (χ1n) is 6.59. The first-order chi connectivity index (χ1) is 7.77. The van der Waals surface area contributed by atoms with Crippen molar-refractivity contribution < 1.29 is 0 Å². The predicted molar refractivity (Wildman–Crippen MR) is 73.2 cm³/mol. The van der Waals surface area contributed by atoms with Crippen LogP contribution in [0.25, 0.3) is 0 Å². The second-order valence-electron chi connectivity index (χ2n) is 4.53. The van der Waals surface area contributed by atoms with Crippen LogP contribution in [0.2, 0.25) is 0 Å². The van der Waals surface area contributed by atoms with Crippen molar-refractivity contribution in [2.75, 3.05) is 18.0 Å². The van der Waals surface area contributed by atoms with Crippen molar-refractivity contribution in [1.82, 2.24) is 0 Å². The van der Waals surface area contributed by atoms with Crippen LogP contribution in [0.1, 0.15) is 45.1 Å². The Morgan fingerprint density at radius 1 is 0.875 bits per heavy atom. The molecule has 0 saturated heterocycles. The molecule has 0 unspecified atom stereocenters. The van der Waals surface area contributed by atoms with E-state index < -0.39 is 0 Å². The standard InChI is InChI=1S/C15H25N/c1-4-6-7-13-16(12-5-2)15-10-8-14(3)9-11-15/h8-11H,4-7,12-13H2,1-3H3. The molecular formula is C15H25N. The molecule has 0 amide bonds. The van der Waals surface area contributed by atoms with Gasteiger partial charge in [0.25, 0.3) is 0 Å². The van der Waals surface area contributed by atoms with Crippen molar-refractivity contribution in [3.05, 3.63) is 29.8 Å². The highest BCUT2D eigenvalue weighted by molar-refractivity contribution is 5.47. The molecule has 90 valence electrons. The maximum Gasteiger partial charge on any atom is 0.0366 e. The molecule has 0 atom stereocenters. The van der Waals surface area contributed by atoms with Gasteiger partial charge in [0.15, 0.2) is 0 Å². The summed E-state index contributed by atoms with van der Waals surface area (Å²) in [5, 5.41) is 0. The highest BCUT2D eigenvalue weighted by Gasteiger charge is 2.04.